The molecule has 1 saturated carbocycles. The highest BCUT2D eigenvalue weighted by atomic mass is 16.5. The van der Waals surface area contributed by atoms with E-state index in [1.165, 1.54) is 25.7 Å². The zero-order valence-corrected chi connectivity index (χ0v) is 11.0. The van der Waals surface area contributed by atoms with Gasteiger partial charge in [-0.05, 0) is 33.6 Å². The van der Waals surface area contributed by atoms with E-state index in [1.54, 1.807) is 0 Å². The Morgan fingerprint density at radius 1 is 1.25 bits per heavy atom. The van der Waals surface area contributed by atoms with Gasteiger partial charge in [0.15, 0.2) is 0 Å². The van der Waals surface area contributed by atoms with E-state index in [0.29, 0.717) is 12.1 Å². The molecule has 1 aliphatic heterocycles. The van der Waals surface area contributed by atoms with Crippen molar-refractivity contribution in [1.82, 2.24) is 10.2 Å². The molecule has 0 aromatic rings. The minimum absolute atomic E-state index is 0.0188. The lowest BCUT2D eigenvalue weighted by molar-refractivity contribution is -0.0910. The van der Waals surface area contributed by atoms with Gasteiger partial charge in [-0.1, -0.05) is 12.8 Å². The molecule has 1 N–H and O–H groups in total. The number of hydrogen-bond acceptors (Lipinski definition) is 3. The zero-order chi connectivity index (χ0) is 11.6. The topological polar surface area (TPSA) is 24.5 Å². The van der Waals surface area contributed by atoms with Gasteiger partial charge in [-0.3, -0.25) is 4.90 Å². The van der Waals surface area contributed by atoms with Crippen LogP contribution < -0.4 is 5.32 Å². The summed E-state index contributed by atoms with van der Waals surface area (Å²) in [5.41, 5.74) is -0.0188. The highest BCUT2D eigenvalue weighted by Gasteiger charge is 2.33. The quantitative estimate of drug-likeness (QED) is 0.779. The Morgan fingerprint density at radius 2 is 2.00 bits per heavy atom. The van der Waals surface area contributed by atoms with Crippen molar-refractivity contribution in [3.63, 3.8) is 0 Å². The summed E-state index contributed by atoms with van der Waals surface area (Å²) >= 11 is 0. The van der Waals surface area contributed by atoms with Crippen LogP contribution in [0.3, 0.4) is 0 Å². The van der Waals surface area contributed by atoms with E-state index >= 15 is 0 Å². The van der Waals surface area contributed by atoms with Crippen LogP contribution in [0, 0.1) is 0 Å². The fourth-order valence-corrected chi connectivity index (χ4v) is 2.78. The fraction of sp³-hybridized carbons (Fsp3) is 1.00. The minimum Gasteiger partial charge on any atom is -0.360 e. The van der Waals surface area contributed by atoms with Gasteiger partial charge < -0.3 is 10.1 Å². The first-order chi connectivity index (χ1) is 7.56. The van der Waals surface area contributed by atoms with Crippen molar-refractivity contribution < 1.29 is 4.74 Å². The highest BCUT2D eigenvalue weighted by molar-refractivity contribution is 4.91. The predicted octanol–water partition coefficient (Wildman–Crippen LogP) is 1.98. The third-order valence-corrected chi connectivity index (χ3v) is 3.67. The summed E-state index contributed by atoms with van der Waals surface area (Å²) in [6, 6.07) is 1.43. The van der Waals surface area contributed by atoms with Gasteiger partial charge in [-0.2, -0.15) is 0 Å². The van der Waals surface area contributed by atoms with Gasteiger partial charge in [0.05, 0.1) is 5.60 Å². The molecule has 1 saturated heterocycles. The molecule has 2 rings (SSSR count). The fourth-order valence-electron chi connectivity index (χ4n) is 2.78. The molecule has 2 atom stereocenters. The van der Waals surface area contributed by atoms with E-state index in [0.717, 1.165) is 19.8 Å². The molecule has 0 bridgehead atoms. The summed E-state index contributed by atoms with van der Waals surface area (Å²) in [5.74, 6) is 0. The first-order valence-electron chi connectivity index (χ1n) is 6.68. The zero-order valence-electron chi connectivity index (χ0n) is 11.0. The highest BCUT2D eigenvalue weighted by Crippen LogP contribution is 2.25. The molecule has 0 amide bonds. The van der Waals surface area contributed by atoms with E-state index < -0.39 is 0 Å². The van der Waals surface area contributed by atoms with E-state index in [2.05, 4.69) is 31.0 Å². The average molecular weight is 226 g/mol. The molecule has 94 valence electrons. The van der Waals surface area contributed by atoms with Crippen LogP contribution in [-0.2, 0) is 4.74 Å². The molecule has 0 aromatic carbocycles. The SMILES string of the molecule is CC(C)(C)OCN1CCNC2CCCCC21. The van der Waals surface area contributed by atoms with Crippen LogP contribution in [0.25, 0.3) is 0 Å². The standard InChI is InChI=1S/C13H26N2O/c1-13(2,3)16-10-15-9-8-14-11-6-4-5-7-12(11)15/h11-12,14H,4-10H2,1-3H3. The smallest absolute Gasteiger partial charge is 0.100 e. The summed E-state index contributed by atoms with van der Waals surface area (Å²) in [5, 5.41) is 3.65. The number of fused-ring (bicyclic) bond motifs is 1. The van der Waals surface area contributed by atoms with Crippen molar-refractivity contribution >= 4 is 0 Å². The molecule has 2 fully saturated rings. The summed E-state index contributed by atoms with van der Waals surface area (Å²) in [4.78, 5) is 2.53. The van der Waals surface area contributed by atoms with E-state index in [-0.39, 0.29) is 5.60 Å². The lowest BCUT2D eigenvalue weighted by Gasteiger charge is -2.45. The molecule has 1 aliphatic carbocycles. The number of hydrogen-bond donors (Lipinski definition) is 1. The molecule has 3 heteroatoms. The van der Waals surface area contributed by atoms with Gasteiger partial charge in [0.1, 0.15) is 6.73 Å². The van der Waals surface area contributed by atoms with Crippen molar-refractivity contribution in [3.05, 3.63) is 0 Å². The Balaban J connectivity index is 1.87. The third-order valence-electron chi connectivity index (χ3n) is 3.67. The molecule has 3 nitrogen and oxygen atoms in total. The minimum atomic E-state index is -0.0188. The molecule has 2 unspecified atom stereocenters. The molecular weight excluding hydrogens is 200 g/mol. The maximum absolute atomic E-state index is 5.92. The number of ether oxygens (including phenoxy) is 1. The van der Waals surface area contributed by atoms with E-state index in [4.69, 9.17) is 4.74 Å². The second kappa shape index (κ2) is 5.03. The van der Waals surface area contributed by atoms with Crippen LogP contribution in [0.5, 0.6) is 0 Å². The normalized spacial score (nSPS) is 32.4. The Labute approximate surface area is 99.5 Å². The summed E-state index contributed by atoms with van der Waals surface area (Å²) in [7, 11) is 0. The number of nitrogens with one attached hydrogen (secondary N) is 1. The van der Waals surface area contributed by atoms with Gasteiger partial charge in [0, 0.05) is 25.2 Å². The van der Waals surface area contributed by atoms with Crippen molar-refractivity contribution in [2.75, 3.05) is 19.8 Å². The van der Waals surface area contributed by atoms with Gasteiger partial charge in [-0.25, -0.2) is 0 Å². The van der Waals surface area contributed by atoms with Crippen LogP contribution in [-0.4, -0.2) is 42.4 Å². The van der Waals surface area contributed by atoms with Crippen LogP contribution in [0.15, 0.2) is 0 Å². The maximum Gasteiger partial charge on any atom is 0.100 e. The van der Waals surface area contributed by atoms with Crippen molar-refractivity contribution in [3.8, 4) is 0 Å². The molecule has 1 heterocycles. The molecule has 0 spiro atoms. The van der Waals surface area contributed by atoms with Crippen LogP contribution >= 0.6 is 0 Å². The van der Waals surface area contributed by atoms with Gasteiger partial charge >= 0.3 is 0 Å². The van der Waals surface area contributed by atoms with Crippen LogP contribution in [0.4, 0.5) is 0 Å². The summed E-state index contributed by atoms with van der Waals surface area (Å²) < 4.78 is 5.92. The predicted molar refractivity (Wildman–Crippen MR) is 66.5 cm³/mol. The van der Waals surface area contributed by atoms with E-state index in [1.807, 2.05) is 0 Å². The molecule has 0 aromatic heterocycles. The first-order valence-corrected chi connectivity index (χ1v) is 6.68. The Morgan fingerprint density at radius 3 is 2.75 bits per heavy atom. The maximum atomic E-state index is 5.92. The molecular formula is C13H26N2O. The van der Waals surface area contributed by atoms with E-state index in [9.17, 15) is 0 Å². The van der Waals surface area contributed by atoms with Crippen molar-refractivity contribution in [1.29, 1.82) is 0 Å². The Kier molecular flexibility index (Phi) is 3.88. The summed E-state index contributed by atoms with van der Waals surface area (Å²) in [6.07, 6.45) is 5.46. The summed E-state index contributed by atoms with van der Waals surface area (Å²) in [6.45, 7) is 9.45. The molecule has 2 aliphatic rings. The second-order valence-electron chi connectivity index (χ2n) is 6.11. The van der Waals surface area contributed by atoms with Crippen molar-refractivity contribution in [2.24, 2.45) is 0 Å². The molecule has 16 heavy (non-hydrogen) atoms. The van der Waals surface area contributed by atoms with Gasteiger partial charge in [0.25, 0.3) is 0 Å². The average Bonchev–Trinajstić information content (AvgIpc) is 2.25. The van der Waals surface area contributed by atoms with Crippen LogP contribution in [0.2, 0.25) is 0 Å². The Bertz CT molecular complexity index is 222. The second-order valence-corrected chi connectivity index (χ2v) is 6.11. The lowest BCUT2D eigenvalue weighted by Crippen LogP contribution is -2.59. The van der Waals surface area contributed by atoms with Crippen molar-refractivity contribution in [2.45, 2.75) is 64.1 Å². The number of piperazine rings is 1. The number of rotatable bonds is 2. The van der Waals surface area contributed by atoms with Gasteiger partial charge in [0.2, 0.25) is 0 Å². The van der Waals surface area contributed by atoms with Crippen LogP contribution in [0.1, 0.15) is 46.5 Å². The monoisotopic (exact) mass is 226 g/mol. The first kappa shape index (κ1) is 12.3. The largest absolute Gasteiger partial charge is 0.360 e. The third kappa shape index (κ3) is 3.19. The molecule has 0 radical (unpaired) electrons. The lowest BCUT2D eigenvalue weighted by atomic mass is 9.88. The Hall–Kier alpha value is -0.120. The van der Waals surface area contributed by atoms with Gasteiger partial charge in [-0.15, -0.1) is 0 Å². The number of nitrogens with zero attached hydrogens (tertiary/aromatic N) is 1.